The molecule has 21 heavy (non-hydrogen) atoms. The number of nitriles is 1. The van der Waals surface area contributed by atoms with E-state index < -0.39 is 0 Å². The van der Waals surface area contributed by atoms with E-state index in [1.54, 1.807) is 0 Å². The van der Waals surface area contributed by atoms with E-state index in [0.717, 1.165) is 24.3 Å². The maximum Gasteiger partial charge on any atom is 0.222 e. The van der Waals surface area contributed by atoms with E-state index in [1.165, 1.54) is 0 Å². The van der Waals surface area contributed by atoms with Crippen molar-refractivity contribution in [2.24, 2.45) is 0 Å². The molecule has 6 nitrogen and oxygen atoms in total. The number of nitrogen functional groups attached to an aromatic ring is 2. The standard InChI is InChI=1S/C15H18N6/c1-3-21(4-2)11-7-5-10(6-8-11)13-12(9-16)14(17)20-15(18)19-13/h5-8H,3-4H2,1-2H3,(H4,17,18,19,20). The van der Waals surface area contributed by atoms with Gasteiger partial charge in [0, 0.05) is 24.3 Å². The minimum atomic E-state index is 0.0642. The average molecular weight is 282 g/mol. The SMILES string of the molecule is CCN(CC)c1ccc(-c2nc(N)nc(N)c2C#N)cc1. The number of benzene rings is 1. The van der Waals surface area contributed by atoms with Crippen LogP contribution in [0.5, 0.6) is 0 Å². The highest BCUT2D eigenvalue weighted by Crippen LogP contribution is 2.27. The summed E-state index contributed by atoms with van der Waals surface area (Å²) in [6.07, 6.45) is 0. The van der Waals surface area contributed by atoms with Gasteiger partial charge in [0.1, 0.15) is 17.5 Å². The molecule has 0 atom stereocenters. The molecule has 0 amide bonds. The molecule has 2 rings (SSSR count). The molecule has 2 aromatic rings. The Hall–Kier alpha value is -2.81. The summed E-state index contributed by atoms with van der Waals surface area (Å²) in [6.45, 7) is 6.09. The third-order valence-corrected chi connectivity index (χ3v) is 3.34. The van der Waals surface area contributed by atoms with Crippen LogP contribution in [0.4, 0.5) is 17.5 Å². The van der Waals surface area contributed by atoms with Gasteiger partial charge in [-0.1, -0.05) is 12.1 Å². The van der Waals surface area contributed by atoms with E-state index in [0.29, 0.717) is 5.69 Å². The first-order valence-corrected chi connectivity index (χ1v) is 6.79. The quantitative estimate of drug-likeness (QED) is 0.889. The second-order valence-electron chi connectivity index (χ2n) is 4.52. The van der Waals surface area contributed by atoms with E-state index in [-0.39, 0.29) is 17.3 Å². The largest absolute Gasteiger partial charge is 0.382 e. The molecule has 0 fully saturated rings. The number of hydrogen-bond donors (Lipinski definition) is 2. The van der Waals surface area contributed by atoms with Gasteiger partial charge in [-0.3, -0.25) is 0 Å². The van der Waals surface area contributed by atoms with Gasteiger partial charge in [0.15, 0.2) is 0 Å². The number of nitrogens with zero attached hydrogens (tertiary/aromatic N) is 4. The monoisotopic (exact) mass is 282 g/mol. The van der Waals surface area contributed by atoms with Crippen LogP contribution in [0.25, 0.3) is 11.3 Å². The lowest BCUT2D eigenvalue weighted by molar-refractivity contribution is 0.866. The molecule has 0 aliphatic rings. The van der Waals surface area contributed by atoms with Gasteiger partial charge in [-0.2, -0.15) is 10.2 Å². The van der Waals surface area contributed by atoms with Crippen LogP contribution in [0.15, 0.2) is 24.3 Å². The highest BCUT2D eigenvalue weighted by Gasteiger charge is 2.13. The summed E-state index contributed by atoms with van der Waals surface area (Å²) in [6, 6.07) is 9.85. The van der Waals surface area contributed by atoms with Crippen molar-refractivity contribution < 1.29 is 0 Å². The zero-order valence-corrected chi connectivity index (χ0v) is 12.2. The van der Waals surface area contributed by atoms with Crippen LogP contribution in [0.3, 0.4) is 0 Å². The molecule has 0 unspecified atom stereocenters. The summed E-state index contributed by atoms with van der Waals surface area (Å²) in [5.74, 6) is 0.169. The number of anilines is 3. The number of rotatable bonds is 4. The average Bonchev–Trinajstić information content (AvgIpc) is 2.48. The van der Waals surface area contributed by atoms with Crippen molar-refractivity contribution in [3.63, 3.8) is 0 Å². The minimum Gasteiger partial charge on any atom is -0.382 e. The van der Waals surface area contributed by atoms with Crippen molar-refractivity contribution in [3.05, 3.63) is 29.8 Å². The van der Waals surface area contributed by atoms with Gasteiger partial charge in [0.05, 0.1) is 5.69 Å². The molecule has 0 aliphatic heterocycles. The Labute approximate surface area is 124 Å². The molecule has 0 saturated carbocycles. The van der Waals surface area contributed by atoms with Gasteiger partial charge in [-0.05, 0) is 26.0 Å². The molecular weight excluding hydrogens is 264 g/mol. The molecular formula is C15H18N6. The highest BCUT2D eigenvalue weighted by atomic mass is 15.1. The molecule has 108 valence electrons. The van der Waals surface area contributed by atoms with Crippen LogP contribution in [0, 0.1) is 11.3 Å². The Morgan fingerprint density at radius 3 is 2.24 bits per heavy atom. The molecule has 0 bridgehead atoms. The fraction of sp³-hybridized carbons (Fsp3) is 0.267. The number of nitrogens with two attached hydrogens (primary N) is 2. The summed E-state index contributed by atoms with van der Waals surface area (Å²) in [5, 5.41) is 9.21. The molecule has 0 saturated heterocycles. The molecule has 1 aromatic carbocycles. The number of aromatic nitrogens is 2. The van der Waals surface area contributed by atoms with Crippen LogP contribution in [0.2, 0.25) is 0 Å². The van der Waals surface area contributed by atoms with Crippen LogP contribution in [-0.2, 0) is 0 Å². The van der Waals surface area contributed by atoms with Crippen molar-refractivity contribution in [2.45, 2.75) is 13.8 Å². The Morgan fingerprint density at radius 2 is 1.71 bits per heavy atom. The molecule has 1 heterocycles. The van der Waals surface area contributed by atoms with Crippen molar-refractivity contribution in [1.82, 2.24) is 9.97 Å². The predicted molar refractivity (Wildman–Crippen MR) is 84.6 cm³/mol. The zero-order valence-electron chi connectivity index (χ0n) is 12.2. The van der Waals surface area contributed by atoms with E-state index in [2.05, 4.69) is 28.7 Å². The summed E-state index contributed by atoms with van der Waals surface area (Å²) in [7, 11) is 0. The Balaban J connectivity index is 2.47. The van der Waals surface area contributed by atoms with E-state index >= 15 is 0 Å². The maximum absolute atomic E-state index is 9.21. The second kappa shape index (κ2) is 6.09. The lowest BCUT2D eigenvalue weighted by atomic mass is 10.1. The predicted octanol–water partition coefficient (Wildman–Crippen LogP) is 2.03. The van der Waals surface area contributed by atoms with Crippen LogP contribution < -0.4 is 16.4 Å². The van der Waals surface area contributed by atoms with Crippen molar-refractivity contribution in [1.29, 1.82) is 5.26 Å². The first-order valence-electron chi connectivity index (χ1n) is 6.79. The van der Waals surface area contributed by atoms with E-state index in [9.17, 15) is 5.26 Å². The van der Waals surface area contributed by atoms with Crippen LogP contribution >= 0.6 is 0 Å². The van der Waals surface area contributed by atoms with Gasteiger partial charge in [0.2, 0.25) is 5.95 Å². The molecule has 1 aromatic heterocycles. The molecule has 0 radical (unpaired) electrons. The van der Waals surface area contributed by atoms with Crippen molar-refractivity contribution >= 4 is 17.5 Å². The first-order chi connectivity index (χ1) is 10.1. The van der Waals surface area contributed by atoms with Gasteiger partial charge in [-0.15, -0.1) is 0 Å². The molecule has 0 aliphatic carbocycles. The molecule has 4 N–H and O–H groups in total. The van der Waals surface area contributed by atoms with E-state index in [1.807, 2.05) is 30.3 Å². The van der Waals surface area contributed by atoms with Gasteiger partial charge in [-0.25, -0.2) is 4.98 Å². The van der Waals surface area contributed by atoms with Gasteiger partial charge in [0.25, 0.3) is 0 Å². The lowest BCUT2D eigenvalue weighted by Gasteiger charge is -2.21. The normalized spacial score (nSPS) is 10.1. The summed E-state index contributed by atoms with van der Waals surface area (Å²) < 4.78 is 0. The maximum atomic E-state index is 9.21. The van der Waals surface area contributed by atoms with Crippen LogP contribution in [0.1, 0.15) is 19.4 Å². The third-order valence-electron chi connectivity index (χ3n) is 3.34. The Morgan fingerprint density at radius 1 is 1.10 bits per heavy atom. The fourth-order valence-corrected chi connectivity index (χ4v) is 2.23. The topological polar surface area (TPSA) is 105 Å². The van der Waals surface area contributed by atoms with E-state index in [4.69, 9.17) is 11.5 Å². The zero-order chi connectivity index (χ0) is 15.4. The fourth-order valence-electron chi connectivity index (χ4n) is 2.23. The van der Waals surface area contributed by atoms with Crippen molar-refractivity contribution in [2.75, 3.05) is 29.5 Å². The second-order valence-corrected chi connectivity index (χ2v) is 4.52. The van der Waals surface area contributed by atoms with Crippen LogP contribution in [-0.4, -0.2) is 23.1 Å². The van der Waals surface area contributed by atoms with Crippen molar-refractivity contribution in [3.8, 4) is 17.3 Å². The number of hydrogen-bond acceptors (Lipinski definition) is 6. The highest BCUT2D eigenvalue weighted by molar-refractivity contribution is 5.74. The summed E-state index contributed by atoms with van der Waals surface area (Å²) in [5.41, 5.74) is 14.0. The van der Waals surface area contributed by atoms with Gasteiger partial charge < -0.3 is 16.4 Å². The molecule has 0 spiro atoms. The summed E-state index contributed by atoms with van der Waals surface area (Å²) >= 11 is 0. The molecule has 6 heteroatoms. The van der Waals surface area contributed by atoms with Gasteiger partial charge >= 0.3 is 0 Å². The smallest absolute Gasteiger partial charge is 0.222 e. The Kier molecular flexibility index (Phi) is 4.24. The minimum absolute atomic E-state index is 0.0642. The summed E-state index contributed by atoms with van der Waals surface area (Å²) in [4.78, 5) is 10.2. The lowest BCUT2D eigenvalue weighted by Crippen LogP contribution is -2.21. The first kappa shape index (κ1) is 14.6. The Bertz CT molecular complexity index is 668. The third kappa shape index (κ3) is 2.87.